The molecule has 0 saturated carbocycles. The molecule has 0 bridgehead atoms. The van der Waals surface area contributed by atoms with E-state index in [1.54, 1.807) is 14.0 Å². The van der Waals surface area contributed by atoms with Gasteiger partial charge in [0.1, 0.15) is 5.82 Å². The number of nitrogens with one attached hydrogen (secondary N) is 2. The molecule has 1 aliphatic rings. The second kappa shape index (κ2) is 13.8. The summed E-state index contributed by atoms with van der Waals surface area (Å²) in [6, 6.07) is 12.3. The standard InChI is InChI=1S/C31H42N10O2/c1-4-5-18-39-27-28(35-30(39)38-17-9-13-25(32)22-38)37(3)31(43)40(29(27)42)19-10-14-33-15-16-34-26-20-23(2)36-41(26)21-24-11-7-6-8-12-24/h6-8,11-12,20,25,33-34H,9-10,13-19,21-22,32H2,1-3H3/t25-/m1/s1. The van der Waals surface area contributed by atoms with Crippen molar-refractivity contribution in [2.45, 2.75) is 58.8 Å². The molecule has 228 valence electrons. The van der Waals surface area contributed by atoms with E-state index in [9.17, 15) is 9.59 Å². The van der Waals surface area contributed by atoms with Gasteiger partial charge >= 0.3 is 5.69 Å². The summed E-state index contributed by atoms with van der Waals surface area (Å²) in [6.07, 6.45) is 2.54. The van der Waals surface area contributed by atoms with Crippen LogP contribution in [0.2, 0.25) is 0 Å². The second-order valence-corrected chi connectivity index (χ2v) is 11.1. The fraction of sp³-hybridized carbons (Fsp3) is 0.484. The van der Waals surface area contributed by atoms with E-state index in [2.05, 4.69) is 44.6 Å². The zero-order valence-electron chi connectivity index (χ0n) is 25.3. The lowest BCUT2D eigenvalue weighted by Crippen LogP contribution is -2.44. The lowest BCUT2D eigenvalue weighted by molar-refractivity contribution is 0.496. The first-order valence-corrected chi connectivity index (χ1v) is 15.0. The molecular formula is C31H42N10O2. The smallest absolute Gasteiger partial charge is 0.332 e. The molecule has 5 rings (SSSR count). The predicted octanol–water partition coefficient (Wildman–Crippen LogP) is 1.49. The highest BCUT2D eigenvalue weighted by atomic mass is 16.2. The molecule has 0 aliphatic carbocycles. The zero-order valence-corrected chi connectivity index (χ0v) is 25.3. The number of rotatable bonds is 12. The number of nitrogens with two attached hydrogens (primary N) is 1. The monoisotopic (exact) mass is 586 g/mol. The zero-order chi connectivity index (χ0) is 30.3. The third kappa shape index (κ3) is 6.84. The molecule has 0 radical (unpaired) electrons. The van der Waals surface area contributed by atoms with Gasteiger partial charge in [-0.15, -0.1) is 5.92 Å². The normalized spacial score (nSPS) is 15.1. The van der Waals surface area contributed by atoms with Crippen molar-refractivity contribution < 1.29 is 0 Å². The molecule has 3 aromatic heterocycles. The number of nitrogens with zero attached hydrogens (tertiary/aromatic N) is 7. The van der Waals surface area contributed by atoms with Gasteiger partial charge in [0, 0.05) is 51.9 Å². The van der Waals surface area contributed by atoms with Crippen LogP contribution in [0.15, 0.2) is 46.0 Å². The Bertz CT molecular complexity index is 1720. The fourth-order valence-corrected chi connectivity index (χ4v) is 5.63. The van der Waals surface area contributed by atoms with Crippen molar-refractivity contribution in [2.24, 2.45) is 12.8 Å². The minimum absolute atomic E-state index is 0.0445. The number of aromatic nitrogens is 6. The van der Waals surface area contributed by atoms with E-state index in [1.807, 2.05) is 40.4 Å². The summed E-state index contributed by atoms with van der Waals surface area (Å²) < 4.78 is 6.61. The first-order valence-electron chi connectivity index (χ1n) is 15.0. The van der Waals surface area contributed by atoms with Gasteiger partial charge in [-0.2, -0.15) is 10.1 Å². The van der Waals surface area contributed by atoms with Crippen LogP contribution in [0, 0.1) is 18.8 Å². The predicted molar refractivity (Wildman–Crippen MR) is 171 cm³/mol. The lowest BCUT2D eigenvalue weighted by atomic mass is 10.1. The maximum atomic E-state index is 13.7. The van der Waals surface area contributed by atoms with Crippen molar-refractivity contribution >= 4 is 22.9 Å². The highest BCUT2D eigenvalue weighted by Crippen LogP contribution is 2.23. The summed E-state index contributed by atoms with van der Waals surface area (Å²) >= 11 is 0. The van der Waals surface area contributed by atoms with Crippen LogP contribution in [0.5, 0.6) is 0 Å². The van der Waals surface area contributed by atoms with E-state index in [0.29, 0.717) is 62.8 Å². The number of imidazole rings is 1. The van der Waals surface area contributed by atoms with Crippen LogP contribution in [0.3, 0.4) is 0 Å². The number of aryl methyl sites for hydroxylation is 2. The first kappa shape index (κ1) is 30.1. The van der Waals surface area contributed by atoms with Gasteiger partial charge in [0.15, 0.2) is 11.2 Å². The Morgan fingerprint density at radius 2 is 1.93 bits per heavy atom. The van der Waals surface area contributed by atoms with Gasteiger partial charge in [-0.1, -0.05) is 36.3 Å². The summed E-state index contributed by atoms with van der Waals surface area (Å²) in [7, 11) is 1.67. The maximum absolute atomic E-state index is 13.7. The number of hydrogen-bond acceptors (Lipinski definition) is 8. The molecule has 43 heavy (non-hydrogen) atoms. The fourth-order valence-electron chi connectivity index (χ4n) is 5.63. The van der Waals surface area contributed by atoms with Crippen LogP contribution in [0.1, 0.15) is 37.4 Å². The largest absolute Gasteiger partial charge is 0.369 e. The van der Waals surface area contributed by atoms with E-state index in [4.69, 9.17) is 10.7 Å². The van der Waals surface area contributed by atoms with Gasteiger partial charge in [-0.3, -0.25) is 18.5 Å². The van der Waals surface area contributed by atoms with Gasteiger partial charge in [0.2, 0.25) is 5.95 Å². The third-order valence-corrected chi connectivity index (χ3v) is 7.79. The van der Waals surface area contributed by atoms with Crippen molar-refractivity contribution in [1.29, 1.82) is 0 Å². The summed E-state index contributed by atoms with van der Waals surface area (Å²) in [4.78, 5) is 33.8. The van der Waals surface area contributed by atoms with Crippen molar-refractivity contribution in [1.82, 2.24) is 33.8 Å². The number of anilines is 2. The van der Waals surface area contributed by atoms with Crippen molar-refractivity contribution in [2.75, 3.05) is 42.9 Å². The average Bonchev–Trinajstić information content (AvgIpc) is 3.56. The Hall–Kier alpha value is -4.34. The van der Waals surface area contributed by atoms with Crippen molar-refractivity contribution in [3.05, 3.63) is 68.5 Å². The minimum atomic E-state index is -0.366. The topological polar surface area (TPSA) is 133 Å². The molecule has 1 fully saturated rings. The lowest BCUT2D eigenvalue weighted by Gasteiger charge is -2.31. The molecular weight excluding hydrogens is 544 g/mol. The van der Waals surface area contributed by atoms with Crippen LogP contribution >= 0.6 is 0 Å². The molecule has 12 nitrogen and oxygen atoms in total. The number of fused-ring (bicyclic) bond motifs is 1. The van der Waals surface area contributed by atoms with Crippen LogP contribution in [0.25, 0.3) is 11.2 Å². The molecule has 1 saturated heterocycles. The number of hydrogen-bond donors (Lipinski definition) is 3. The van der Waals surface area contributed by atoms with Gasteiger partial charge < -0.3 is 21.3 Å². The van der Waals surface area contributed by atoms with Crippen LogP contribution < -0.4 is 32.5 Å². The summed E-state index contributed by atoms with van der Waals surface area (Å²) in [5, 5.41) is 11.5. The molecule has 1 aromatic carbocycles. The first-order chi connectivity index (χ1) is 20.9. The van der Waals surface area contributed by atoms with Crippen molar-refractivity contribution in [3.63, 3.8) is 0 Å². The van der Waals surface area contributed by atoms with Crippen LogP contribution in [-0.4, -0.2) is 67.2 Å². The quantitative estimate of drug-likeness (QED) is 0.168. The minimum Gasteiger partial charge on any atom is -0.369 e. The Morgan fingerprint density at radius 1 is 1.12 bits per heavy atom. The molecule has 0 unspecified atom stereocenters. The molecule has 0 spiro atoms. The van der Waals surface area contributed by atoms with E-state index < -0.39 is 0 Å². The summed E-state index contributed by atoms with van der Waals surface area (Å²) in [5.41, 5.74) is 8.47. The van der Waals surface area contributed by atoms with E-state index >= 15 is 0 Å². The van der Waals surface area contributed by atoms with Gasteiger partial charge in [-0.25, -0.2) is 9.48 Å². The SMILES string of the molecule is CC#CCn1c(N2CCC[C@@H](N)C2)nc2c1c(=O)n(CCCNCCNc1cc(C)nn1Cc1ccccc1)c(=O)n2C. The molecule has 1 aliphatic heterocycles. The van der Waals surface area contributed by atoms with Gasteiger partial charge in [0.05, 0.1) is 18.8 Å². The van der Waals surface area contributed by atoms with Gasteiger partial charge in [-0.05, 0) is 45.2 Å². The summed E-state index contributed by atoms with van der Waals surface area (Å²) in [6.45, 7) is 8.65. The van der Waals surface area contributed by atoms with E-state index in [-0.39, 0.29) is 17.3 Å². The Labute approximate surface area is 251 Å². The Morgan fingerprint density at radius 3 is 2.70 bits per heavy atom. The molecule has 4 aromatic rings. The van der Waals surface area contributed by atoms with Crippen LogP contribution in [0.4, 0.5) is 11.8 Å². The third-order valence-electron chi connectivity index (χ3n) is 7.79. The maximum Gasteiger partial charge on any atom is 0.332 e. The highest BCUT2D eigenvalue weighted by molar-refractivity contribution is 5.75. The Kier molecular flexibility index (Phi) is 9.64. The summed E-state index contributed by atoms with van der Waals surface area (Å²) in [5.74, 6) is 7.61. The number of piperidine rings is 1. The Balaban J connectivity index is 1.21. The molecule has 1 atom stereocenters. The average molecular weight is 587 g/mol. The second-order valence-electron chi connectivity index (χ2n) is 11.1. The number of benzene rings is 1. The molecule has 4 heterocycles. The van der Waals surface area contributed by atoms with Crippen molar-refractivity contribution in [3.8, 4) is 11.8 Å². The molecule has 4 N–H and O–H groups in total. The van der Waals surface area contributed by atoms with E-state index in [0.717, 1.165) is 37.4 Å². The highest BCUT2D eigenvalue weighted by Gasteiger charge is 2.26. The van der Waals surface area contributed by atoms with Gasteiger partial charge in [0.25, 0.3) is 5.56 Å². The molecule has 0 amide bonds. The van der Waals surface area contributed by atoms with Crippen LogP contribution in [-0.2, 0) is 26.7 Å². The van der Waals surface area contributed by atoms with E-state index in [1.165, 1.54) is 14.7 Å². The molecule has 12 heteroatoms.